The molecule has 2 N–H and O–H groups in total. The Morgan fingerprint density at radius 1 is 1.53 bits per heavy atom. The van der Waals surface area contributed by atoms with Crippen molar-refractivity contribution in [1.82, 2.24) is 14.7 Å². The summed E-state index contributed by atoms with van der Waals surface area (Å²) >= 11 is 11.4. The quantitative estimate of drug-likeness (QED) is 0.787. The number of hydrogen-bond donors (Lipinski definition) is 1. The van der Waals surface area contributed by atoms with Crippen LogP contribution in [0.2, 0.25) is 5.02 Å². The second-order valence-electron chi connectivity index (χ2n) is 4.81. The van der Waals surface area contributed by atoms with Crippen molar-refractivity contribution >= 4 is 28.8 Å². The third-order valence-corrected chi connectivity index (χ3v) is 3.95. The molecule has 0 fully saturated rings. The summed E-state index contributed by atoms with van der Waals surface area (Å²) in [6.07, 6.45) is 1.56. The van der Waals surface area contributed by atoms with Gasteiger partial charge in [-0.2, -0.15) is 5.10 Å². The smallest absolute Gasteiger partial charge is 0.0863 e. The van der Waals surface area contributed by atoms with Crippen LogP contribution in [0.1, 0.15) is 38.6 Å². The van der Waals surface area contributed by atoms with Crippen molar-refractivity contribution in [2.45, 2.75) is 52.7 Å². The Hall–Kier alpha value is -0.650. The molecule has 0 aliphatic heterocycles. The van der Waals surface area contributed by atoms with Crippen LogP contribution in [0.4, 0.5) is 0 Å². The van der Waals surface area contributed by atoms with E-state index >= 15 is 0 Å². The summed E-state index contributed by atoms with van der Waals surface area (Å²) in [7, 11) is 2.05. The molecular weight excluding hydrogens is 280 g/mol. The number of nitrogens with two attached hydrogens (primary N) is 1. The number of nitrogens with zero attached hydrogens (tertiary/aromatic N) is 3. The van der Waals surface area contributed by atoms with Crippen LogP contribution in [0.5, 0.6) is 0 Å². The lowest BCUT2D eigenvalue weighted by Gasteiger charge is -2.24. The number of hydrogen-bond acceptors (Lipinski definition) is 3. The minimum atomic E-state index is 0.291. The minimum Gasteiger partial charge on any atom is -0.393 e. The van der Waals surface area contributed by atoms with Crippen LogP contribution in [0.15, 0.2) is 0 Å². The number of rotatable bonds is 7. The minimum absolute atomic E-state index is 0.291. The fourth-order valence-corrected chi connectivity index (χ4v) is 2.58. The normalized spacial score (nSPS) is 12.9. The first-order valence-corrected chi connectivity index (χ1v) is 7.41. The molecule has 4 nitrogen and oxygen atoms in total. The standard InChI is InChI=1S/C13H23ClN4S/c1-5-10-13(14)11(18(6-2)16-10)8-17(4)9(3)7-12(15)19/h9H,5-8H2,1-4H3,(H2,15,19). The van der Waals surface area contributed by atoms with Crippen LogP contribution in [-0.4, -0.2) is 32.8 Å². The summed E-state index contributed by atoms with van der Waals surface area (Å²) in [5, 5.41) is 5.32. The molecule has 1 unspecified atom stereocenters. The van der Waals surface area contributed by atoms with Crippen molar-refractivity contribution in [3.05, 3.63) is 16.4 Å². The Bertz CT molecular complexity index is 444. The molecule has 0 saturated carbocycles. The van der Waals surface area contributed by atoms with Crippen LogP contribution in [0, 0.1) is 0 Å². The van der Waals surface area contributed by atoms with E-state index in [-0.39, 0.29) is 0 Å². The lowest BCUT2D eigenvalue weighted by Crippen LogP contribution is -2.32. The van der Waals surface area contributed by atoms with Gasteiger partial charge in [-0.3, -0.25) is 9.58 Å². The third-order valence-electron chi connectivity index (χ3n) is 3.34. The van der Waals surface area contributed by atoms with Gasteiger partial charge in [0.15, 0.2) is 0 Å². The molecular formula is C13H23ClN4S. The predicted molar refractivity (Wildman–Crippen MR) is 84.6 cm³/mol. The molecule has 0 aromatic carbocycles. The van der Waals surface area contributed by atoms with Gasteiger partial charge in [0, 0.05) is 25.6 Å². The molecule has 0 aliphatic rings. The zero-order valence-electron chi connectivity index (χ0n) is 12.1. The molecule has 0 amide bonds. The van der Waals surface area contributed by atoms with Crippen molar-refractivity contribution in [3.8, 4) is 0 Å². The summed E-state index contributed by atoms with van der Waals surface area (Å²) in [4.78, 5) is 2.75. The number of aryl methyl sites for hydroxylation is 2. The largest absolute Gasteiger partial charge is 0.393 e. The monoisotopic (exact) mass is 302 g/mol. The zero-order valence-corrected chi connectivity index (χ0v) is 13.7. The highest BCUT2D eigenvalue weighted by Crippen LogP contribution is 2.23. The van der Waals surface area contributed by atoms with Gasteiger partial charge < -0.3 is 5.73 Å². The molecule has 0 spiro atoms. The van der Waals surface area contributed by atoms with Gasteiger partial charge >= 0.3 is 0 Å². The Labute approximate surface area is 125 Å². The summed E-state index contributed by atoms with van der Waals surface area (Å²) in [5.41, 5.74) is 7.63. The molecule has 6 heteroatoms. The SMILES string of the molecule is CCc1nn(CC)c(CN(C)C(C)CC(N)=S)c1Cl. The fraction of sp³-hybridized carbons (Fsp3) is 0.692. The first kappa shape index (κ1) is 16.4. The van der Waals surface area contributed by atoms with E-state index in [1.54, 1.807) is 0 Å². The first-order valence-electron chi connectivity index (χ1n) is 6.63. The summed E-state index contributed by atoms with van der Waals surface area (Å²) in [6, 6.07) is 0.291. The Morgan fingerprint density at radius 3 is 2.63 bits per heavy atom. The Morgan fingerprint density at radius 2 is 2.16 bits per heavy atom. The molecule has 1 aromatic rings. The topological polar surface area (TPSA) is 47.1 Å². The van der Waals surface area contributed by atoms with E-state index in [0.29, 0.717) is 17.5 Å². The van der Waals surface area contributed by atoms with Gasteiger partial charge in [0.1, 0.15) is 0 Å². The maximum atomic E-state index is 6.40. The molecule has 19 heavy (non-hydrogen) atoms. The van der Waals surface area contributed by atoms with Crippen LogP contribution < -0.4 is 5.73 Å². The highest BCUT2D eigenvalue weighted by atomic mass is 35.5. The van der Waals surface area contributed by atoms with Crippen LogP contribution in [-0.2, 0) is 19.5 Å². The number of aromatic nitrogens is 2. The highest BCUT2D eigenvalue weighted by molar-refractivity contribution is 7.80. The number of thiocarbonyl (C=S) groups is 1. The van der Waals surface area contributed by atoms with Crippen LogP contribution in [0.3, 0.4) is 0 Å². The van der Waals surface area contributed by atoms with Gasteiger partial charge in [0.2, 0.25) is 0 Å². The van der Waals surface area contributed by atoms with E-state index < -0.39 is 0 Å². The van der Waals surface area contributed by atoms with Crippen LogP contribution in [0.25, 0.3) is 0 Å². The zero-order chi connectivity index (χ0) is 14.6. The average Bonchev–Trinajstić information content (AvgIpc) is 2.65. The number of halogens is 1. The highest BCUT2D eigenvalue weighted by Gasteiger charge is 2.18. The predicted octanol–water partition coefficient (Wildman–Crippen LogP) is 2.62. The van der Waals surface area contributed by atoms with E-state index in [1.807, 2.05) is 4.68 Å². The molecule has 108 valence electrons. The molecule has 0 aliphatic carbocycles. The maximum absolute atomic E-state index is 6.40. The van der Waals surface area contributed by atoms with Gasteiger partial charge in [-0.15, -0.1) is 0 Å². The molecule has 0 bridgehead atoms. The van der Waals surface area contributed by atoms with Crippen molar-refractivity contribution in [3.63, 3.8) is 0 Å². The molecule has 1 heterocycles. The lowest BCUT2D eigenvalue weighted by molar-refractivity contribution is 0.247. The van der Waals surface area contributed by atoms with Gasteiger partial charge in [0.05, 0.1) is 21.4 Å². The molecule has 0 radical (unpaired) electrons. The fourth-order valence-electron chi connectivity index (χ4n) is 2.01. The van der Waals surface area contributed by atoms with Gasteiger partial charge in [-0.1, -0.05) is 30.7 Å². The molecule has 1 atom stereocenters. The van der Waals surface area contributed by atoms with Crippen molar-refractivity contribution in [1.29, 1.82) is 0 Å². The van der Waals surface area contributed by atoms with E-state index in [0.717, 1.165) is 35.9 Å². The Balaban J connectivity index is 2.86. The van der Waals surface area contributed by atoms with E-state index in [2.05, 4.69) is 37.8 Å². The second kappa shape index (κ2) is 7.22. The van der Waals surface area contributed by atoms with Gasteiger partial charge in [0.25, 0.3) is 0 Å². The Kier molecular flexibility index (Phi) is 6.23. The van der Waals surface area contributed by atoms with E-state index in [9.17, 15) is 0 Å². The van der Waals surface area contributed by atoms with Gasteiger partial charge in [-0.25, -0.2) is 0 Å². The molecule has 1 aromatic heterocycles. The van der Waals surface area contributed by atoms with E-state index in [1.165, 1.54) is 0 Å². The van der Waals surface area contributed by atoms with Crippen molar-refractivity contribution < 1.29 is 0 Å². The lowest BCUT2D eigenvalue weighted by atomic mass is 10.2. The first-order chi connectivity index (χ1) is 8.90. The van der Waals surface area contributed by atoms with Crippen molar-refractivity contribution in [2.24, 2.45) is 5.73 Å². The van der Waals surface area contributed by atoms with Gasteiger partial charge in [-0.05, 0) is 27.3 Å². The average molecular weight is 303 g/mol. The van der Waals surface area contributed by atoms with E-state index in [4.69, 9.17) is 29.6 Å². The second-order valence-corrected chi connectivity index (χ2v) is 5.71. The molecule has 0 saturated heterocycles. The van der Waals surface area contributed by atoms with Crippen LogP contribution >= 0.6 is 23.8 Å². The third kappa shape index (κ3) is 4.16. The summed E-state index contributed by atoms with van der Waals surface area (Å²) in [6.45, 7) is 7.83. The maximum Gasteiger partial charge on any atom is 0.0863 e. The summed E-state index contributed by atoms with van der Waals surface area (Å²) in [5.74, 6) is 0. The summed E-state index contributed by atoms with van der Waals surface area (Å²) < 4.78 is 1.98. The molecule has 1 rings (SSSR count). The van der Waals surface area contributed by atoms with Crippen molar-refractivity contribution in [2.75, 3.05) is 7.05 Å².